The van der Waals surface area contributed by atoms with Crippen molar-refractivity contribution in [2.45, 2.75) is 34.6 Å². The van der Waals surface area contributed by atoms with Gasteiger partial charge in [0.2, 0.25) is 0 Å². The molecule has 5 heteroatoms. The van der Waals surface area contributed by atoms with Gasteiger partial charge < -0.3 is 11.1 Å². The Balaban J connectivity index is 2.50. The number of halogens is 1. The summed E-state index contributed by atoms with van der Waals surface area (Å²) in [5.74, 6) is -0.292. The van der Waals surface area contributed by atoms with E-state index in [1.165, 1.54) is 12.1 Å². The average Bonchev–Trinajstić information content (AvgIpc) is 3.22. The molecule has 4 N–H and O–H groups in total. The van der Waals surface area contributed by atoms with Gasteiger partial charge in [0, 0.05) is 17.1 Å². The third-order valence-corrected chi connectivity index (χ3v) is 5.45. The Hall–Kier alpha value is -4.12. The molecule has 0 fully saturated rings. The van der Waals surface area contributed by atoms with E-state index in [1.807, 2.05) is 65.0 Å². The van der Waals surface area contributed by atoms with Gasteiger partial charge in [-0.05, 0) is 80.7 Å². The Morgan fingerprint density at radius 1 is 1.17 bits per heavy atom. The summed E-state index contributed by atoms with van der Waals surface area (Å²) in [5, 5.41) is 12.6. The minimum absolute atomic E-state index is 0.292. The van der Waals surface area contributed by atoms with Gasteiger partial charge in [0.25, 0.3) is 0 Å². The molecule has 35 heavy (non-hydrogen) atoms. The highest BCUT2D eigenvalue weighted by Crippen LogP contribution is 2.26. The number of hydrogen-bond acceptors (Lipinski definition) is 3. The fourth-order valence-electron chi connectivity index (χ4n) is 3.57. The molecule has 1 aromatic heterocycles. The fraction of sp³-hybridized carbons (Fsp3) is 0.167. The molecule has 0 spiro atoms. The van der Waals surface area contributed by atoms with Crippen molar-refractivity contribution in [3.05, 3.63) is 124 Å². The quantitative estimate of drug-likeness (QED) is 0.417. The molecule has 0 saturated heterocycles. The molecular weight excluding hydrogens is 435 g/mol. The van der Waals surface area contributed by atoms with Crippen LogP contribution in [0.5, 0.6) is 0 Å². The summed E-state index contributed by atoms with van der Waals surface area (Å²) in [6.45, 7) is 22.1. The summed E-state index contributed by atoms with van der Waals surface area (Å²) in [5.41, 5.74) is 13.2. The number of nitrogens with one attached hydrogen (secondary N) is 2. The molecule has 1 aromatic carbocycles. The summed E-state index contributed by atoms with van der Waals surface area (Å²) in [6, 6.07) is 6.49. The third kappa shape index (κ3) is 6.93. The number of hydrogen-bond donors (Lipinski definition) is 3. The van der Waals surface area contributed by atoms with Crippen molar-refractivity contribution in [2.75, 3.05) is 0 Å². The third-order valence-electron chi connectivity index (χ3n) is 5.45. The van der Waals surface area contributed by atoms with E-state index in [4.69, 9.17) is 5.73 Å². The van der Waals surface area contributed by atoms with E-state index >= 15 is 0 Å². The van der Waals surface area contributed by atoms with Gasteiger partial charge in [0.05, 0.1) is 11.0 Å². The molecule has 2 rings (SSSR count). The van der Waals surface area contributed by atoms with Crippen molar-refractivity contribution in [1.82, 2.24) is 15.5 Å². The van der Waals surface area contributed by atoms with E-state index in [1.54, 1.807) is 18.3 Å². The molecule has 4 nitrogen and oxygen atoms in total. The molecule has 0 saturated carbocycles. The average molecular weight is 471 g/mol. The van der Waals surface area contributed by atoms with Crippen LogP contribution in [0.4, 0.5) is 4.39 Å². The number of nitrogens with two attached hydrogens (primary N) is 1. The molecule has 0 atom stereocenters. The van der Waals surface area contributed by atoms with Crippen LogP contribution in [0.15, 0.2) is 96.4 Å². The Morgan fingerprint density at radius 3 is 2.46 bits per heavy atom. The van der Waals surface area contributed by atoms with Crippen molar-refractivity contribution in [3.8, 4) is 0 Å². The second kappa shape index (κ2) is 12.4. The van der Waals surface area contributed by atoms with Gasteiger partial charge in [0.1, 0.15) is 11.5 Å². The second-order valence-electron chi connectivity index (χ2n) is 8.38. The predicted molar refractivity (Wildman–Crippen MR) is 148 cm³/mol. The first kappa shape index (κ1) is 27.1. The summed E-state index contributed by atoms with van der Waals surface area (Å²) < 4.78 is 13.9. The lowest BCUT2D eigenvalue weighted by molar-refractivity contribution is 0.627. The first-order valence-electron chi connectivity index (χ1n) is 11.3. The number of rotatable bonds is 9. The zero-order valence-electron chi connectivity index (χ0n) is 21.3. The molecule has 0 aliphatic rings. The molecule has 0 aliphatic carbocycles. The second-order valence-corrected chi connectivity index (χ2v) is 8.38. The van der Waals surface area contributed by atoms with Gasteiger partial charge >= 0.3 is 0 Å². The smallest absolute Gasteiger partial charge is 0.123 e. The van der Waals surface area contributed by atoms with E-state index in [2.05, 4.69) is 35.3 Å². The SMILES string of the molecule is C=C/C=C(\C(C)=C(/C)NC(=C)c1n[nH]c(=C/C)/c1=C\C(=C)/C(C=C(C)C)=C/N)c1cccc(F)c1. The minimum Gasteiger partial charge on any atom is -0.404 e. The number of allylic oxidation sites excluding steroid dienone is 9. The fourth-order valence-corrected chi connectivity index (χ4v) is 3.57. The van der Waals surface area contributed by atoms with E-state index in [9.17, 15) is 4.39 Å². The highest BCUT2D eigenvalue weighted by Gasteiger charge is 2.12. The zero-order valence-corrected chi connectivity index (χ0v) is 21.3. The molecule has 0 unspecified atom stereocenters. The summed E-state index contributed by atoms with van der Waals surface area (Å²) >= 11 is 0. The Labute approximate surface area is 207 Å². The molecule has 0 bridgehead atoms. The Bertz CT molecular complexity index is 1370. The first-order valence-corrected chi connectivity index (χ1v) is 11.3. The predicted octanol–water partition coefficient (Wildman–Crippen LogP) is 5.62. The van der Waals surface area contributed by atoms with Crippen LogP contribution in [0.2, 0.25) is 0 Å². The van der Waals surface area contributed by atoms with Crippen molar-refractivity contribution in [1.29, 1.82) is 0 Å². The number of benzene rings is 1. The first-order chi connectivity index (χ1) is 16.6. The molecule has 182 valence electrons. The molecule has 0 amide bonds. The number of aromatic nitrogens is 2. The summed E-state index contributed by atoms with van der Waals surface area (Å²) in [4.78, 5) is 0. The standard InChI is InChI=1S/C30H35FN4/c1-9-12-27(24-13-11-14-26(31)17-24)21(6)22(7)33-23(8)30-28(29(10-2)34-35-30)16-20(5)25(18-32)15-19(3)4/h9-18,33-34H,1,5,8,32H2,2-4,6-7H3/b22-21+,25-18+,27-12+,28-16+,29-10+. The van der Waals surface area contributed by atoms with E-state index in [0.717, 1.165) is 49.7 Å². The van der Waals surface area contributed by atoms with Crippen molar-refractivity contribution < 1.29 is 4.39 Å². The van der Waals surface area contributed by atoms with Gasteiger partial charge in [-0.2, -0.15) is 5.10 Å². The summed E-state index contributed by atoms with van der Waals surface area (Å²) in [7, 11) is 0. The molecule has 0 radical (unpaired) electrons. The maximum Gasteiger partial charge on any atom is 0.123 e. The number of aromatic amines is 1. The van der Waals surface area contributed by atoms with E-state index in [0.29, 0.717) is 11.4 Å². The lowest BCUT2D eigenvalue weighted by Crippen LogP contribution is -2.27. The highest BCUT2D eigenvalue weighted by atomic mass is 19.1. The van der Waals surface area contributed by atoms with Crippen LogP contribution < -0.4 is 21.6 Å². The number of nitrogens with zero attached hydrogens (tertiary/aromatic N) is 1. The van der Waals surface area contributed by atoms with Crippen LogP contribution in [0.3, 0.4) is 0 Å². The molecule has 0 aliphatic heterocycles. The number of H-pyrrole nitrogens is 1. The van der Waals surface area contributed by atoms with Crippen LogP contribution >= 0.6 is 0 Å². The van der Waals surface area contributed by atoms with Gasteiger partial charge in [-0.25, -0.2) is 4.39 Å². The van der Waals surface area contributed by atoms with Crippen molar-refractivity contribution in [3.63, 3.8) is 0 Å². The van der Waals surface area contributed by atoms with Crippen LogP contribution in [0.25, 0.3) is 23.4 Å². The Morgan fingerprint density at radius 2 is 1.89 bits per heavy atom. The van der Waals surface area contributed by atoms with Crippen molar-refractivity contribution >= 4 is 23.4 Å². The van der Waals surface area contributed by atoms with Gasteiger partial charge in [-0.1, -0.05) is 61.7 Å². The van der Waals surface area contributed by atoms with Gasteiger partial charge in [-0.3, -0.25) is 5.10 Å². The largest absolute Gasteiger partial charge is 0.404 e. The minimum atomic E-state index is -0.292. The monoisotopic (exact) mass is 470 g/mol. The molecule has 2 aromatic rings. The molecular formula is C30H35FN4. The van der Waals surface area contributed by atoms with E-state index < -0.39 is 0 Å². The zero-order chi connectivity index (χ0) is 26.1. The lowest BCUT2D eigenvalue weighted by Gasteiger charge is -2.15. The molecule has 1 heterocycles. The highest BCUT2D eigenvalue weighted by molar-refractivity contribution is 5.80. The van der Waals surface area contributed by atoms with Crippen LogP contribution in [0, 0.1) is 5.82 Å². The Kier molecular flexibility index (Phi) is 9.59. The van der Waals surface area contributed by atoms with Gasteiger partial charge in [0.15, 0.2) is 0 Å². The van der Waals surface area contributed by atoms with Crippen LogP contribution in [0.1, 0.15) is 45.9 Å². The van der Waals surface area contributed by atoms with Crippen LogP contribution in [-0.4, -0.2) is 10.2 Å². The topological polar surface area (TPSA) is 66.7 Å². The normalized spacial score (nSPS) is 13.9. The maximum absolute atomic E-state index is 13.9. The van der Waals surface area contributed by atoms with Gasteiger partial charge in [-0.15, -0.1) is 0 Å². The van der Waals surface area contributed by atoms with Crippen molar-refractivity contribution in [2.24, 2.45) is 5.73 Å². The summed E-state index contributed by atoms with van der Waals surface area (Å²) in [6.07, 6.45) is 11.0. The maximum atomic E-state index is 13.9. The van der Waals surface area contributed by atoms with Crippen LogP contribution in [-0.2, 0) is 0 Å². The lowest BCUT2D eigenvalue weighted by atomic mass is 9.97. The van der Waals surface area contributed by atoms with E-state index in [-0.39, 0.29) is 5.82 Å².